The first-order valence-electron chi connectivity index (χ1n) is 4.51. The zero-order chi connectivity index (χ0) is 9.68. The second-order valence-electron chi connectivity index (χ2n) is 3.27. The van der Waals surface area contributed by atoms with E-state index in [0.717, 1.165) is 12.8 Å². The molecule has 0 spiro atoms. The average molecular weight is 201 g/mol. The van der Waals surface area contributed by atoms with Gasteiger partial charge in [0.15, 0.2) is 0 Å². The third-order valence-corrected chi connectivity index (χ3v) is 2.26. The van der Waals surface area contributed by atoms with Crippen LogP contribution in [0.5, 0.6) is 0 Å². The number of nitrogens with one attached hydrogen (secondary N) is 2. The van der Waals surface area contributed by atoms with Crippen LogP contribution < -0.4 is 16.4 Å². The lowest BCUT2D eigenvalue weighted by Gasteiger charge is -2.12. The molecule has 0 aliphatic heterocycles. The first kappa shape index (κ1) is 10.2. The summed E-state index contributed by atoms with van der Waals surface area (Å²) < 4.78 is 0. The van der Waals surface area contributed by atoms with Gasteiger partial charge < -0.3 is 16.4 Å². The van der Waals surface area contributed by atoms with Crippen molar-refractivity contribution < 1.29 is 4.79 Å². The van der Waals surface area contributed by atoms with Crippen LogP contribution in [0, 0.1) is 0 Å². The molecule has 4 nitrogen and oxygen atoms in total. The lowest BCUT2D eigenvalue weighted by Crippen LogP contribution is -2.43. The predicted octanol–water partition coefficient (Wildman–Crippen LogP) is 0.514. The van der Waals surface area contributed by atoms with Crippen molar-refractivity contribution in [3.05, 3.63) is 0 Å². The van der Waals surface area contributed by atoms with E-state index in [1.54, 1.807) is 0 Å². The number of rotatable bonds is 3. The minimum Gasteiger partial charge on any atom is -0.392 e. The van der Waals surface area contributed by atoms with Crippen LogP contribution in [0.2, 0.25) is 0 Å². The fourth-order valence-electron chi connectivity index (χ4n) is 1.47. The molecule has 13 heavy (non-hydrogen) atoms. The van der Waals surface area contributed by atoms with Crippen molar-refractivity contribution in [2.24, 2.45) is 5.73 Å². The van der Waals surface area contributed by atoms with Gasteiger partial charge in [0.2, 0.25) is 0 Å². The zero-order valence-corrected chi connectivity index (χ0v) is 8.32. The number of carbonyl (C=O) groups excluding carboxylic acids is 1. The summed E-state index contributed by atoms with van der Waals surface area (Å²) in [6.45, 7) is 0.272. The molecule has 0 aromatic rings. The van der Waals surface area contributed by atoms with Crippen molar-refractivity contribution in [3.63, 3.8) is 0 Å². The summed E-state index contributed by atoms with van der Waals surface area (Å²) in [7, 11) is 0. The summed E-state index contributed by atoms with van der Waals surface area (Å²) in [5, 5.41) is 5.46. The van der Waals surface area contributed by atoms with Crippen LogP contribution in [0.1, 0.15) is 25.7 Å². The van der Waals surface area contributed by atoms with Crippen LogP contribution in [-0.2, 0) is 0 Å². The van der Waals surface area contributed by atoms with E-state index in [2.05, 4.69) is 22.9 Å². The van der Waals surface area contributed by atoms with Crippen molar-refractivity contribution in [1.82, 2.24) is 10.6 Å². The monoisotopic (exact) mass is 201 g/mol. The fourth-order valence-corrected chi connectivity index (χ4v) is 1.55. The molecule has 0 aromatic heterocycles. The summed E-state index contributed by atoms with van der Waals surface area (Å²) in [4.78, 5) is 11.5. The molecule has 1 saturated carbocycles. The largest absolute Gasteiger partial charge is 0.392 e. The molecule has 0 aromatic carbocycles. The molecule has 0 saturated heterocycles. The van der Waals surface area contributed by atoms with E-state index < -0.39 is 0 Å². The zero-order valence-electron chi connectivity index (χ0n) is 7.51. The third-order valence-electron chi connectivity index (χ3n) is 2.11. The lowest BCUT2D eigenvalue weighted by atomic mass is 10.2. The second-order valence-corrected chi connectivity index (χ2v) is 3.80. The Bertz CT molecular complexity index is 202. The summed E-state index contributed by atoms with van der Waals surface area (Å²) in [5.74, 6) is 0. The van der Waals surface area contributed by atoms with Crippen LogP contribution in [0.15, 0.2) is 0 Å². The molecular formula is C8H15N3OS. The summed E-state index contributed by atoms with van der Waals surface area (Å²) >= 11 is 4.63. The Balaban J connectivity index is 2.13. The predicted molar refractivity (Wildman–Crippen MR) is 55.6 cm³/mol. The van der Waals surface area contributed by atoms with Gasteiger partial charge >= 0.3 is 6.03 Å². The van der Waals surface area contributed by atoms with Gasteiger partial charge in [-0.2, -0.15) is 0 Å². The van der Waals surface area contributed by atoms with Crippen molar-refractivity contribution in [1.29, 1.82) is 0 Å². The molecule has 1 aliphatic carbocycles. The van der Waals surface area contributed by atoms with Gasteiger partial charge in [-0.1, -0.05) is 25.1 Å². The van der Waals surface area contributed by atoms with Crippen LogP contribution in [0.4, 0.5) is 4.79 Å². The summed E-state index contributed by atoms with van der Waals surface area (Å²) in [6, 6.07) is 0.172. The first-order chi connectivity index (χ1) is 6.18. The smallest absolute Gasteiger partial charge is 0.315 e. The van der Waals surface area contributed by atoms with Crippen molar-refractivity contribution in [3.8, 4) is 0 Å². The van der Waals surface area contributed by atoms with E-state index in [0.29, 0.717) is 11.0 Å². The highest BCUT2D eigenvalue weighted by Gasteiger charge is 2.16. The van der Waals surface area contributed by atoms with Crippen molar-refractivity contribution in [2.45, 2.75) is 31.7 Å². The highest BCUT2D eigenvalue weighted by molar-refractivity contribution is 7.80. The fraction of sp³-hybridized carbons (Fsp3) is 0.750. The van der Waals surface area contributed by atoms with E-state index in [4.69, 9.17) is 5.73 Å². The summed E-state index contributed by atoms with van der Waals surface area (Å²) in [6.07, 6.45) is 4.58. The van der Waals surface area contributed by atoms with E-state index in [1.165, 1.54) is 12.8 Å². The summed E-state index contributed by atoms with van der Waals surface area (Å²) in [5.41, 5.74) is 5.24. The van der Waals surface area contributed by atoms with Gasteiger partial charge in [-0.3, -0.25) is 0 Å². The number of urea groups is 1. The highest BCUT2D eigenvalue weighted by atomic mass is 32.1. The van der Waals surface area contributed by atoms with Gasteiger partial charge in [0.25, 0.3) is 0 Å². The van der Waals surface area contributed by atoms with Crippen molar-refractivity contribution >= 4 is 23.2 Å². The molecule has 1 fully saturated rings. The van der Waals surface area contributed by atoms with Crippen LogP contribution in [-0.4, -0.2) is 23.6 Å². The van der Waals surface area contributed by atoms with Gasteiger partial charge in [-0.25, -0.2) is 4.79 Å². The maximum absolute atomic E-state index is 11.2. The number of amides is 2. The average Bonchev–Trinajstić information content (AvgIpc) is 2.53. The Morgan fingerprint density at radius 1 is 1.46 bits per heavy atom. The number of hydrogen-bond donors (Lipinski definition) is 3. The minimum atomic E-state index is -0.167. The highest BCUT2D eigenvalue weighted by Crippen LogP contribution is 2.17. The number of thiocarbonyl (C=S) groups is 1. The van der Waals surface area contributed by atoms with E-state index in [1.807, 2.05) is 0 Å². The molecule has 1 rings (SSSR count). The van der Waals surface area contributed by atoms with Crippen LogP contribution >= 0.6 is 12.2 Å². The molecule has 5 heteroatoms. The van der Waals surface area contributed by atoms with Crippen molar-refractivity contribution in [2.75, 3.05) is 6.54 Å². The molecule has 0 heterocycles. The van der Waals surface area contributed by atoms with Crippen LogP contribution in [0.3, 0.4) is 0 Å². The van der Waals surface area contributed by atoms with E-state index >= 15 is 0 Å². The lowest BCUT2D eigenvalue weighted by molar-refractivity contribution is 0.238. The van der Waals surface area contributed by atoms with E-state index in [9.17, 15) is 4.79 Å². The maximum atomic E-state index is 11.2. The quantitative estimate of drug-likeness (QED) is 0.583. The molecular weight excluding hydrogens is 186 g/mol. The third kappa shape index (κ3) is 4.07. The Hall–Kier alpha value is -0.840. The van der Waals surface area contributed by atoms with Gasteiger partial charge in [0, 0.05) is 6.04 Å². The van der Waals surface area contributed by atoms with Gasteiger partial charge in [-0.05, 0) is 12.8 Å². The second kappa shape index (κ2) is 5.01. The maximum Gasteiger partial charge on any atom is 0.315 e. The minimum absolute atomic E-state index is 0.167. The standard InChI is InChI=1S/C8H15N3OS/c9-7(13)5-10-8(12)11-6-3-1-2-4-6/h6H,1-5H2,(H2,9,13)(H2,10,11,12). The number of hydrogen-bond acceptors (Lipinski definition) is 2. The Morgan fingerprint density at radius 2 is 2.08 bits per heavy atom. The molecule has 74 valence electrons. The molecule has 2 amide bonds. The normalized spacial score (nSPS) is 16.9. The Kier molecular flexibility index (Phi) is 3.95. The Labute approximate surface area is 83.2 Å². The number of carbonyl (C=O) groups is 1. The topological polar surface area (TPSA) is 67.1 Å². The SMILES string of the molecule is NC(=S)CNC(=O)NC1CCCC1. The van der Waals surface area contributed by atoms with Gasteiger partial charge in [0.05, 0.1) is 11.5 Å². The molecule has 0 unspecified atom stereocenters. The molecule has 1 aliphatic rings. The van der Waals surface area contributed by atoms with E-state index in [-0.39, 0.29) is 12.6 Å². The van der Waals surface area contributed by atoms with Gasteiger partial charge in [0.1, 0.15) is 0 Å². The van der Waals surface area contributed by atoms with Gasteiger partial charge in [-0.15, -0.1) is 0 Å². The molecule has 0 radical (unpaired) electrons. The molecule has 4 N–H and O–H groups in total. The van der Waals surface area contributed by atoms with Crippen LogP contribution in [0.25, 0.3) is 0 Å². The molecule has 0 atom stereocenters. The Morgan fingerprint density at radius 3 is 2.62 bits per heavy atom. The first-order valence-corrected chi connectivity index (χ1v) is 4.92. The number of nitrogens with two attached hydrogens (primary N) is 1. The molecule has 0 bridgehead atoms.